The van der Waals surface area contributed by atoms with Crippen LogP contribution in [0.1, 0.15) is 25.8 Å². The van der Waals surface area contributed by atoms with Crippen molar-refractivity contribution in [3.8, 4) is 5.75 Å². The van der Waals surface area contributed by atoms with Crippen molar-refractivity contribution in [3.63, 3.8) is 0 Å². The lowest BCUT2D eigenvalue weighted by Crippen LogP contribution is -2.24. The third-order valence-electron chi connectivity index (χ3n) is 2.25. The Bertz CT molecular complexity index is 375. The average molecular weight is 222 g/mol. The summed E-state index contributed by atoms with van der Waals surface area (Å²) in [7, 11) is 0. The number of rotatable bonds is 4. The van der Waals surface area contributed by atoms with Crippen LogP contribution in [0.15, 0.2) is 18.2 Å². The summed E-state index contributed by atoms with van der Waals surface area (Å²) in [5.74, 6) is -0.103. The van der Waals surface area contributed by atoms with Crippen LogP contribution in [-0.2, 0) is 11.2 Å². The number of anilines is 1. The lowest BCUT2D eigenvalue weighted by molar-refractivity contribution is -0.116. The van der Waals surface area contributed by atoms with Gasteiger partial charge in [0.05, 0.1) is 5.69 Å². The van der Waals surface area contributed by atoms with E-state index >= 15 is 0 Å². The minimum absolute atomic E-state index is 0.0789. The summed E-state index contributed by atoms with van der Waals surface area (Å²) in [6.07, 6.45) is 1.10. The number of phenols is 1. The fraction of sp³-hybridized carbons (Fsp3) is 0.417. The van der Waals surface area contributed by atoms with E-state index in [1.165, 1.54) is 0 Å². The molecule has 0 bridgehead atoms. The second-order valence-corrected chi connectivity index (χ2v) is 3.93. The molecule has 0 aliphatic heterocycles. The van der Waals surface area contributed by atoms with Crippen molar-refractivity contribution < 1.29 is 9.90 Å². The Labute approximate surface area is 95.5 Å². The molecule has 0 aliphatic carbocycles. The Morgan fingerprint density at radius 2 is 2.25 bits per heavy atom. The first kappa shape index (κ1) is 12.5. The minimum Gasteiger partial charge on any atom is -0.506 e. The Morgan fingerprint density at radius 1 is 1.56 bits per heavy atom. The Morgan fingerprint density at radius 3 is 2.81 bits per heavy atom. The molecule has 0 heterocycles. The van der Waals surface area contributed by atoms with Crippen molar-refractivity contribution in [2.24, 2.45) is 5.73 Å². The largest absolute Gasteiger partial charge is 0.506 e. The molecule has 0 fully saturated rings. The fourth-order valence-electron chi connectivity index (χ4n) is 1.40. The summed E-state index contributed by atoms with van der Waals surface area (Å²) in [6, 6.07) is 5.00. The number of hydrogen-bond acceptors (Lipinski definition) is 3. The maximum atomic E-state index is 11.5. The zero-order valence-corrected chi connectivity index (χ0v) is 9.66. The predicted molar refractivity (Wildman–Crippen MR) is 64.4 cm³/mol. The van der Waals surface area contributed by atoms with Gasteiger partial charge in [0.2, 0.25) is 5.91 Å². The molecule has 4 N–H and O–H groups in total. The number of carbonyl (C=O) groups is 1. The van der Waals surface area contributed by atoms with E-state index in [2.05, 4.69) is 5.32 Å². The van der Waals surface area contributed by atoms with Gasteiger partial charge in [0.1, 0.15) is 5.75 Å². The molecule has 0 aromatic heterocycles. The summed E-state index contributed by atoms with van der Waals surface area (Å²) < 4.78 is 0. The van der Waals surface area contributed by atoms with Gasteiger partial charge in [0.15, 0.2) is 0 Å². The first-order chi connectivity index (χ1) is 7.52. The Kier molecular flexibility index (Phi) is 4.31. The second kappa shape index (κ2) is 5.51. The standard InChI is InChI=1S/C12H18N2O2/c1-3-9-4-5-11(15)10(7-9)14-12(16)6-8(2)13/h4-5,7-8,15H,3,6,13H2,1-2H3,(H,14,16). The molecule has 1 rings (SSSR count). The smallest absolute Gasteiger partial charge is 0.226 e. The first-order valence-corrected chi connectivity index (χ1v) is 5.40. The Hall–Kier alpha value is -1.55. The summed E-state index contributed by atoms with van der Waals surface area (Å²) >= 11 is 0. The van der Waals surface area contributed by atoms with Gasteiger partial charge in [-0.1, -0.05) is 13.0 Å². The van der Waals surface area contributed by atoms with Crippen molar-refractivity contribution in [1.82, 2.24) is 0 Å². The highest BCUT2D eigenvalue weighted by Crippen LogP contribution is 2.24. The van der Waals surface area contributed by atoms with Gasteiger partial charge in [0.25, 0.3) is 0 Å². The number of amides is 1. The third-order valence-corrected chi connectivity index (χ3v) is 2.25. The molecule has 1 aromatic carbocycles. The van der Waals surface area contributed by atoms with Crippen LogP contribution in [0.3, 0.4) is 0 Å². The van der Waals surface area contributed by atoms with Crippen molar-refractivity contribution in [1.29, 1.82) is 0 Å². The van der Waals surface area contributed by atoms with Crippen LogP contribution in [0.2, 0.25) is 0 Å². The second-order valence-electron chi connectivity index (χ2n) is 3.93. The van der Waals surface area contributed by atoms with Crippen molar-refractivity contribution in [3.05, 3.63) is 23.8 Å². The number of phenolic OH excluding ortho intramolecular Hbond substituents is 1. The molecule has 0 spiro atoms. The fourth-order valence-corrected chi connectivity index (χ4v) is 1.40. The van der Waals surface area contributed by atoms with Crippen molar-refractivity contribution in [2.75, 3.05) is 5.32 Å². The quantitative estimate of drug-likeness (QED) is 0.678. The van der Waals surface area contributed by atoms with E-state index in [-0.39, 0.29) is 24.1 Å². The SMILES string of the molecule is CCc1ccc(O)c(NC(=O)CC(C)N)c1. The lowest BCUT2D eigenvalue weighted by atomic mass is 10.1. The van der Waals surface area contributed by atoms with E-state index in [0.717, 1.165) is 12.0 Å². The van der Waals surface area contributed by atoms with E-state index in [0.29, 0.717) is 5.69 Å². The third kappa shape index (κ3) is 3.55. The zero-order valence-electron chi connectivity index (χ0n) is 9.66. The molecule has 0 aliphatic rings. The number of aromatic hydroxyl groups is 1. The number of nitrogens with one attached hydrogen (secondary N) is 1. The summed E-state index contributed by atoms with van der Waals surface area (Å²) in [5, 5.41) is 12.2. The number of nitrogens with two attached hydrogens (primary N) is 1. The maximum Gasteiger partial charge on any atom is 0.226 e. The highest BCUT2D eigenvalue weighted by molar-refractivity contribution is 5.92. The zero-order chi connectivity index (χ0) is 12.1. The molecular formula is C12H18N2O2. The highest BCUT2D eigenvalue weighted by Gasteiger charge is 2.08. The van der Waals surface area contributed by atoms with Crippen LogP contribution in [0.25, 0.3) is 0 Å². The van der Waals surface area contributed by atoms with Crippen LogP contribution in [-0.4, -0.2) is 17.1 Å². The van der Waals surface area contributed by atoms with Crippen molar-refractivity contribution in [2.45, 2.75) is 32.7 Å². The normalized spacial score (nSPS) is 12.2. The topological polar surface area (TPSA) is 75.3 Å². The Balaban J connectivity index is 2.75. The van der Waals surface area contributed by atoms with Crippen LogP contribution in [0.5, 0.6) is 5.75 Å². The van der Waals surface area contributed by atoms with Gasteiger partial charge in [-0.15, -0.1) is 0 Å². The molecule has 16 heavy (non-hydrogen) atoms. The maximum absolute atomic E-state index is 11.5. The molecule has 1 atom stereocenters. The van der Waals surface area contributed by atoms with Crippen molar-refractivity contribution >= 4 is 11.6 Å². The molecule has 1 amide bonds. The van der Waals surface area contributed by atoms with E-state index in [9.17, 15) is 9.90 Å². The molecule has 4 heteroatoms. The van der Waals surface area contributed by atoms with Gasteiger partial charge >= 0.3 is 0 Å². The molecule has 4 nitrogen and oxygen atoms in total. The van der Waals surface area contributed by atoms with Gasteiger partial charge in [-0.05, 0) is 31.0 Å². The summed E-state index contributed by atoms with van der Waals surface area (Å²) in [5.41, 5.74) is 7.03. The lowest BCUT2D eigenvalue weighted by Gasteiger charge is -2.10. The van der Waals surface area contributed by atoms with Gasteiger partial charge in [-0.2, -0.15) is 0 Å². The highest BCUT2D eigenvalue weighted by atomic mass is 16.3. The van der Waals surface area contributed by atoms with Gasteiger partial charge in [-0.25, -0.2) is 0 Å². The monoisotopic (exact) mass is 222 g/mol. The number of carbonyl (C=O) groups excluding carboxylic acids is 1. The molecule has 0 radical (unpaired) electrons. The number of aryl methyl sites for hydroxylation is 1. The predicted octanol–water partition coefficient (Wildman–Crippen LogP) is 1.63. The van der Waals surface area contributed by atoms with Crippen LogP contribution in [0, 0.1) is 0 Å². The first-order valence-electron chi connectivity index (χ1n) is 5.40. The van der Waals surface area contributed by atoms with Crippen LogP contribution >= 0.6 is 0 Å². The molecule has 88 valence electrons. The molecule has 1 aromatic rings. The van der Waals surface area contributed by atoms with Gasteiger partial charge in [0, 0.05) is 12.5 Å². The average Bonchev–Trinajstić information content (AvgIpc) is 2.20. The minimum atomic E-state index is -0.184. The van der Waals surface area contributed by atoms with Crippen LogP contribution in [0.4, 0.5) is 5.69 Å². The molecular weight excluding hydrogens is 204 g/mol. The molecule has 0 saturated heterocycles. The van der Waals surface area contributed by atoms with Gasteiger partial charge in [-0.3, -0.25) is 4.79 Å². The van der Waals surface area contributed by atoms with Gasteiger partial charge < -0.3 is 16.2 Å². The molecule has 0 saturated carbocycles. The van der Waals surface area contributed by atoms with E-state index < -0.39 is 0 Å². The number of hydrogen-bond donors (Lipinski definition) is 3. The van der Waals surface area contributed by atoms with E-state index in [1.807, 2.05) is 13.0 Å². The van der Waals surface area contributed by atoms with E-state index in [1.54, 1.807) is 19.1 Å². The molecule has 1 unspecified atom stereocenters. The summed E-state index contributed by atoms with van der Waals surface area (Å²) in [6.45, 7) is 3.78. The number of benzene rings is 1. The van der Waals surface area contributed by atoms with Crippen LogP contribution < -0.4 is 11.1 Å². The van der Waals surface area contributed by atoms with E-state index in [4.69, 9.17) is 5.73 Å². The summed E-state index contributed by atoms with van der Waals surface area (Å²) in [4.78, 5) is 11.5.